The van der Waals surface area contributed by atoms with Crippen LogP contribution in [0, 0.1) is 27.7 Å². The zero-order chi connectivity index (χ0) is 85.3. The Bertz CT molecular complexity index is 6820. The maximum absolute atomic E-state index is 4.95. The molecule has 8 heteroatoms. The van der Waals surface area contributed by atoms with Crippen LogP contribution in [0.15, 0.2) is 461 Å². The van der Waals surface area contributed by atoms with E-state index in [1.807, 2.05) is 75.4 Å². The van der Waals surface area contributed by atoms with Crippen LogP contribution in [-0.2, 0) is 0 Å². The van der Waals surface area contributed by atoms with Gasteiger partial charge >= 0.3 is 0 Å². The molecule has 0 aliphatic heterocycles. The van der Waals surface area contributed by atoms with Crippen LogP contribution >= 0.6 is 0 Å². The summed E-state index contributed by atoms with van der Waals surface area (Å²) in [4.78, 5) is 38.4. The summed E-state index contributed by atoms with van der Waals surface area (Å²) >= 11 is 0. The first-order valence-electron chi connectivity index (χ1n) is 42.5. The molecule has 0 spiro atoms. The third-order valence-electron chi connectivity index (χ3n) is 22.2. The van der Waals surface area contributed by atoms with E-state index in [0.29, 0.717) is 0 Å². The van der Waals surface area contributed by atoms with E-state index >= 15 is 0 Å². The Hall–Kier alpha value is -16.4. The molecule has 0 bridgehead atoms. The molecule has 4 heterocycles. The highest BCUT2D eigenvalue weighted by Gasteiger charge is 2.18. The third kappa shape index (κ3) is 21.9. The van der Waals surface area contributed by atoms with Crippen molar-refractivity contribution in [3.05, 3.63) is 484 Å². The van der Waals surface area contributed by atoms with E-state index < -0.39 is 0 Å². The lowest BCUT2D eigenvalue weighted by Gasteiger charge is -2.14. The number of nitrogens with zero attached hydrogens (tertiary/aromatic N) is 8. The van der Waals surface area contributed by atoms with Gasteiger partial charge in [0.1, 0.15) is 17.5 Å². The average Bonchev–Trinajstić information content (AvgIpc) is 0.792. The van der Waals surface area contributed by atoms with Crippen molar-refractivity contribution >= 4 is 21.5 Å². The summed E-state index contributed by atoms with van der Waals surface area (Å²) in [6, 6.07) is 160. The Morgan fingerprint density at radius 2 is 0.331 bits per heavy atom. The van der Waals surface area contributed by atoms with Crippen LogP contribution in [-0.4, -0.2) is 39.9 Å². The lowest BCUT2D eigenvalue weighted by Crippen LogP contribution is -1.96. The largest absolute Gasteiger partial charge is 0.233 e. The summed E-state index contributed by atoms with van der Waals surface area (Å²) < 4.78 is 0. The standard InChI is InChI=1S/C41H30N2.C29H22N2.C25H18N2.C23H18N2.4CH4/c1-29-42-40(38-24-34(30-14-6-2-7-15-30)22-35(25-38)31-16-8-3-9-17-31)28-41(43-29)39-26-36(32-18-10-4-11-19-32)23-37(27-39)33-20-12-5-13-21-33;1-21-30-28(26-16-8-14-24(18-26)22-10-4-2-5-11-22)20-29(31-21)27-17-9-15-25(19-27)23-12-6-3-7-13-23;1-17-26-24(22-12-10-18-6-2-4-8-20(18)14-22)16-25(27-17)23-13-11-19-7-3-5-9-21(19)15-23;1-17-9-8-14-20(15-17)23-24-21(18-10-4-2-5-11-18)16-22(25-23)19-12-6-3-7-13-19;;;;/h2-28H,1H3;2-20H,1H3;2-16H,1H3;2-16H,1H3;4*1H4. The average molecular weight is 1680 g/mol. The Labute approximate surface area is 766 Å². The topological polar surface area (TPSA) is 103 Å². The Kier molecular flexibility index (Phi) is 29.4. The quantitative estimate of drug-likeness (QED) is 0.1000. The van der Waals surface area contributed by atoms with Crippen LogP contribution in [0.5, 0.6) is 0 Å². The van der Waals surface area contributed by atoms with Crippen LogP contribution in [0.2, 0.25) is 0 Å². The van der Waals surface area contributed by atoms with Gasteiger partial charge < -0.3 is 0 Å². The van der Waals surface area contributed by atoms with Crippen LogP contribution in [0.1, 0.15) is 52.7 Å². The highest BCUT2D eigenvalue weighted by Crippen LogP contribution is 2.39. The summed E-state index contributed by atoms with van der Waals surface area (Å²) in [6.07, 6.45) is 0. The Morgan fingerprint density at radius 3 is 0.631 bits per heavy atom. The maximum atomic E-state index is 4.95. The molecule has 632 valence electrons. The van der Waals surface area contributed by atoms with E-state index in [4.69, 9.17) is 29.9 Å². The van der Waals surface area contributed by atoms with Gasteiger partial charge in [-0.05, 0) is 207 Å². The zero-order valence-corrected chi connectivity index (χ0v) is 70.5. The minimum absolute atomic E-state index is 0. The number of hydrogen-bond acceptors (Lipinski definition) is 8. The lowest BCUT2D eigenvalue weighted by molar-refractivity contribution is 1.06. The van der Waals surface area contributed by atoms with E-state index in [9.17, 15) is 0 Å². The van der Waals surface area contributed by atoms with Gasteiger partial charge in [0.25, 0.3) is 0 Å². The van der Waals surface area contributed by atoms with Crippen molar-refractivity contribution in [2.75, 3.05) is 0 Å². The van der Waals surface area contributed by atoms with Crippen molar-refractivity contribution in [3.63, 3.8) is 0 Å². The number of hydrogen-bond donors (Lipinski definition) is 0. The summed E-state index contributed by atoms with van der Waals surface area (Å²) in [5.41, 5.74) is 32.5. The van der Waals surface area contributed by atoms with Crippen molar-refractivity contribution in [2.45, 2.75) is 57.4 Å². The van der Waals surface area contributed by atoms with Crippen molar-refractivity contribution in [3.8, 4) is 168 Å². The van der Waals surface area contributed by atoms with Crippen LogP contribution in [0.3, 0.4) is 0 Å². The molecule has 0 saturated carbocycles. The fourth-order valence-corrected chi connectivity index (χ4v) is 15.9. The molecule has 21 aromatic rings. The lowest BCUT2D eigenvalue weighted by atomic mass is 9.93. The molecule has 4 aromatic heterocycles. The molecule has 17 aromatic carbocycles. The summed E-state index contributed by atoms with van der Waals surface area (Å²) in [5, 5.41) is 4.92. The second-order valence-electron chi connectivity index (χ2n) is 31.2. The monoisotopic (exact) mass is 1680 g/mol. The maximum Gasteiger partial charge on any atom is 0.160 e. The van der Waals surface area contributed by atoms with Crippen LogP contribution < -0.4 is 0 Å². The SMILES string of the molecule is C.C.C.C.Cc1cccc(-c2nc(-c3ccccc3)cc(-c3ccccc3)n2)c1.Cc1nc(-c2cc(-c3ccccc3)cc(-c3ccccc3)c2)cc(-c2cc(-c3ccccc3)cc(-c3ccccc3)c2)n1.Cc1nc(-c2ccc3ccccc3c2)cc(-c2ccc3ccccc3c2)n1.Cc1nc(-c2cccc(-c3ccccc3)c2)cc(-c2cccc(-c3ccccc3)c2)n1. The fourth-order valence-electron chi connectivity index (χ4n) is 15.9. The van der Waals surface area contributed by atoms with Gasteiger partial charge in [-0.15, -0.1) is 0 Å². The summed E-state index contributed by atoms with van der Waals surface area (Å²) in [6.45, 7) is 7.97. The molecule has 0 saturated heterocycles. The van der Waals surface area contributed by atoms with Crippen molar-refractivity contribution < 1.29 is 0 Å². The molecule has 0 N–H and O–H groups in total. The number of aromatic nitrogens is 8. The van der Waals surface area contributed by atoms with Crippen LogP contribution in [0.25, 0.3) is 190 Å². The highest BCUT2D eigenvalue weighted by molar-refractivity contribution is 5.91. The molecule has 0 fully saturated rings. The first kappa shape index (κ1) is 89.8. The molecular formula is C122H104N8. The highest BCUT2D eigenvalue weighted by atomic mass is 14.9. The predicted octanol–water partition coefficient (Wildman–Crippen LogP) is 33.0. The van der Waals surface area contributed by atoms with Gasteiger partial charge in [0, 0.05) is 50.1 Å². The molecule has 0 aliphatic carbocycles. The smallest absolute Gasteiger partial charge is 0.160 e. The zero-order valence-electron chi connectivity index (χ0n) is 70.5. The van der Waals surface area contributed by atoms with Gasteiger partial charge in [0.2, 0.25) is 0 Å². The second kappa shape index (κ2) is 42.5. The summed E-state index contributed by atoms with van der Waals surface area (Å²) in [5.74, 6) is 3.04. The third-order valence-corrected chi connectivity index (χ3v) is 22.2. The summed E-state index contributed by atoms with van der Waals surface area (Å²) in [7, 11) is 0. The van der Waals surface area contributed by atoms with Gasteiger partial charge in [-0.3, -0.25) is 0 Å². The van der Waals surface area contributed by atoms with Gasteiger partial charge in [-0.1, -0.05) is 405 Å². The van der Waals surface area contributed by atoms with E-state index in [2.05, 4.69) is 423 Å². The normalized spacial score (nSPS) is 10.5. The van der Waals surface area contributed by atoms with E-state index in [0.717, 1.165) is 141 Å². The Morgan fingerprint density at radius 1 is 0.123 bits per heavy atom. The molecule has 0 amide bonds. The molecular weight excluding hydrogens is 1580 g/mol. The van der Waals surface area contributed by atoms with Gasteiger partial charge in [0.05, 0.1) is 45.6 Å². The Balaban J connectivity index is 0.000000142. The second-order valence-corrected chi connectivity index (χ2v) is 31.2. The number of benzene rings is 17. The molecule has 0 atom stereocenters. The molecule has 8 nitrogen and oxygen atoms in total. The molecule has 21 rings (SSSR count). The van der Waals surface area contributed by atoms with Gasteiger partial charge in [0.15, 0.2) is 5.82 Å². The number of rotatable bonds is 15. The number of fused-ring (bicyclic) bond motifs is 2. The van der Waals surface area contributed by atoms with Crippen LogP contribution in [0.4, 0.5) is 0 Å². The first-order chi connectivity index (χ1) is 62.0. The van der Waals surface area contributed by atoms with Gasteiger partial charge in [-0.25, -0.2) is 39.9 Å². The van der Waals surface area contributed by atoms with E-state index in [1.54, 1.807) is 0 Å². The first-order valence-corrected chi connectivity index (χ1v) is 42.5. The van der Waals surface area contributed by atoms with Crippen molar-refractivity contribution in [1.29, 1.82) is 0 Å². The predicted molar refractivity (Wildman–Crippen MR) is 551 cm³/mol. The van der Waals surface area contributed by atoms with Crippen molar-refractivity contribution in [2.24, 2.45) is 0 Å². The van der Waals surface area contributed by atoms with Gasteiger partial charge in [-0.2, -0.15) is 0 Å². The van der Waals surface area contributed by atoms with E-state index in [-0.39, 0.29) is 29.7 Å². The fraction of sp³-hybridized carbons (Fsp3) is 0.0656. The minimum Gasteiger partial charge on any atom is -0.233 e. The molecule has 0 radical (unpaired) electrons. The minimum atomic E-state index is 0. The molecule has 0 unspecified atom stereocenters. The number of aryl methyl sites for hydroxylation is 4. The molecule has 0 aliphatic rings. The molecule has 130 heavy (non-hydrogen) atoms. The van der Waals surface area contributed by atoms with Crippen molar-refractivity contribution in [1.82, 2.24) is 39.9 Å². The van der Waals surface area contributed by atoms with E-state index in [1.165, 1.54) is 71.6 Å².